The molecule has 0 spiro atoms. The maximum Gasteiger partial charge on any atom is 0.340 e. The number of esters is 1. The van der Waals surface area contributed by atoms with Gasteiger partial charge in [-0.25, -0.2) is 14.5 Å². The minimum atomic E-state index is -1.01. The number of imide groups is 2. The van der Waals surface area contributed by atoms with Crippen LogP contribution in [0.2, 0.25) is 0 Å². The third kappa shape index (κ3) is 3.21. The van der Waals surface area contributed by atoms with Crippen LogP contribution in [-0.2, 0) is 14.3 Å². The molecule has 1 aromatic rings. The smallest absolute Gasteiger partial charge is 0.340 e. The Morgan fingerprint density at radius 2 is 1.64 bits per heavy atom. The van der Waals surface area contributed by atoms with Gasteiger partial charge < -0.3 is 9.72 Å². The Hall–Kier alpha value is -2.97. The molecule has 0 bridgehead atoms. The van der Waals surface area contributed by atoms with Crippen molar-refractivity contribution in [2.45, 2.75) is 52.5 Å². The lowest BCUT2D eigenvalue weighted by Gasteiger charge is -2.20. The highest BCUT2D eigenvalue weighted by Gasteiger charge is 2.48. The molecule has 9 heteroatoms. The third-order valence-corrected chi connectivity index (χ3v) is 5.21. The van der Waals surface area contributed by atoms with E-state index in [-0.39, 0.29) is 23.8 Å². The second kappa shape index (κ2) is 7.57. The normalized spacial score (nSPS) is 17.8. The summed E-state index contributed by atoms with van der Waals surface area (Å²) in [6, 6.07) is -1.06. The molecule has 9 nitrogen and oxygen atoms in total. The molecule has 1 aliphatic carbocycles. The van der Waals surface area contributed by atoms with Crippen molar-refractivity contribution in [2.24, 2.45) is 0 Å². The lowest BCUT2D eigenvalue weighted by Crippen LogP contribution is -2.41. The number of hydrogen-bond acceptors (Lipinski definition) is 6. The maximum atomic E-state index is 12.9. The molecule has 0 atom stereocenters. The lowest BCUT2D eigenvalue weighted by molar-refractivity contribution is -0.143. The van der Waals surface area contributed by atoms with E-state index in [4.69, 9.17) is 4.74 Å². The van der Waals surface area contributed by atoms with E-state index in [0.717, 1.165) is 17.7 Å². The van der Waals surface area contributed by atoms with Crippen molar-refractivity contribution in [1.82, 2.24) is 14.8 Å². The molecular formula is C19H23N3O6. The second-order valence-corrected chi connectivity index (χ2v) is 7.06. The molecule has 0 unspecified atom stereocenters. The number of H-pyrrole nitrogens is 1. The molecule has 150 valence electrons. The monoisotopic (exact) mass is 389 g/mol. The highest BCUT2D eigenvalue weighted by molar-refractivity contribution is 6.45. The predicted molar refractivity (Wildman–Crippen MR) is 96.8 cm³/mol. The van der Waals surface area contributed by atoms with Crippen molar-refractivity contribution in [3.8, 4) is 0 Å². The quantitative estimate of drug-likeness (QED) is 0.343. The number of rotatable bonds is 6. The number of nitrogens with one attached hydrogen (secondary N) is 1. The van der Waals surface area contributed by atoms with Crippen molar-refractivity contribution in [3.63, 3.8) is 0 Å². The van der Waals surface area contributed by atoms with Crippen molar-refractivity contribution in [2.75, 3.05) is 13.2 Å². The highest BCUT2D eigenvalue weighted by Crippen LogP contribution is 2.28. The number of hydrogen-bond donors (Lipinski definition) is 1. The number of aryl methyl sites for hydroxylation is 2. The molecule has 1 N–H and O–H groups in total. The van der Waals surface area contributed by atoms with Gasteiger partial charge in [0.2, 0.25) is 0 Å². The number of ether oxygens (including phenoxy) is 1. The number of aromatic amines is 1. The van der Waals surface area contributed by atoms with Crippen LogP contribution in [-0.4, -0.2) is 63.6 Å². The van der Waals surface area contributed by atoms with Gasteiger partial charge in [-0.1, -0.05) is 12.8 Å². The predicted octanol–water partition coefficient (Wildman–Crippen LogP) is 1.72. The Morgan fingerprint density at radius 3 is 2.25 bits per heavy atom. The molecule has 28 heavy (non-hydrogen) atoms. The van der Waals surface area contributed by atoms with E-state index in [1.807, 2.05) is 0 Å². The largest absolute Gasteiger partial charge is 0.462 e. The number of carbonyl (C=O) groups is 5. The molecule has 0 radical (unpaired) electrons. The van der Waals surface area contributed by atoms with Crippen LogP contribution in [0.3, 0.4) is 0 Å². The molecule has 2 heterocycles. The second-order valence-electron chi connectivity index (χ2n) is 7.06. The molecule has 4 amide bonds. The van der Waals surface area contributed by atoms with E-state index in [1.165, 1.54) is 0 Å². The standard InChI is InChI=1S/C19H23N3O6/c1-4-28-18(26)15-11(3)20-10(2)14(15)13(23)9-21-16(24)17(25)22(19(21)27)12-7-5-6-8-12/h12,20H,4-9H2,1-3H3. The summed E-state index contributed by atoms with van der Waals surface area (Å²) < 4.78 is 5.01. The van der Waals surface area contributed by atoms with Crippen LogP contribution in [0.25, 0.3) is 0 Å². The first kappa shape index (κ1) is 19.8. The highest BCUT2D eigenvalue weighted by atomic mass is 16.5. The fraction of sp³-hybridized carbons (Fsp3) is 0.526. The first-order chi connectivity index (χ1) is 13.3. The van der Waals surface area contributed by atoms with Gasteiger partial charge in [-0.2, -0.15) is 0 Å². The molecule has 0 aromatic carbocycles. The summed E-state index contributed by atoms with van der Waals surface area (Å²) in [5.74, 6) is -3.16. The van der Waals surface area contributed by atoms with Gasteiger partial charge in [-0.15, -0.1) is 0 Å². The molecule has 1 aromatic heterocycles. The van der Waals surface area contributed by atoms with Crippen LogP contribution in [0.4, 0.5) is 4.79 Å². The summed E-state index contributed by atoms with van der Waals surface area (Å²) in [5, 5.41) is 0. The van der Waals surface area contributed by atoms with Gasteiger partial charge in [0.15, 0.2) is 5.78 Å². The Kier molecular flexibility index (Phi) is 5.35. The molecule has 3 rings (SSSR count). The average molecular weight is 389 g/mol. The van der Waals surface area contributed by atoms with E-state index >= 15 is 0 Å². The van der Waals surface area contributed by atoms with Crippen molar-refractivity contribution < 1.29 is 28.7 Å². The van der Waals surface area contributed by atoms with E-state index in [2.05, 4.69) is 4.98 Å². The number of ketones is 1. The van der Waals surface area contributed by atoms with Crippen LogP contribution in [0, 0.1) is 13.8 Å². The van der Waals surface area contributed by atoms with Crippen molar-refractivity contribution in [1.29, 1.82) is 0 Å². The van der Waals surface area contributed by atoms with Crippen LogP contribution in [0.1, 0.15) is 64.7 Å². The van der Waals surface area contributed by atoms with Gasteiger partial charge in [-0.05, 0) is 33.6 Å². The number of nitrogens with zero attached hydrogens (tertiary/aromatic N) is 2. The Morgan fingerprint density at radius 1 is 1.04 bits per heavy atom. The fourth-order valence-electron chi connectivity index (χ4n) is 3.96. The van der Waals surface area contributed by atoms with Crippen molar-refractivity contribution in [3.05, 3.63) is 22.5 Å². The lowest BCUT2D eigenvalue weighted by atomic mass is 10.0. The molecule has 1 aliphatic heterocycles. The third-order valence-electron chi connectivity index (χ3n) is 5.21. The van der Waals surface area contributed by atoms with Gasteiger partial charge in [0, 0.05) is 17.4 Å². The van der Waals surface area contributed by atoms with Gasteiger partial charge in [-0.3, -0.25) is 19.3 Å². The number of carbonyl (C=O) groups excluding carboxylic acids is 5. The number of aromatic nitrogens is 1. The molecule has 1 saturated heterocycles. The first-order valence-corrected chi connectivity index (χ1v) is 9.36. The molecule has 2 fully saturated rings. The van der Waals surface area contributed by atoms with Crippen LogP contribution < -0.4 is 0 Å². The zero-order chi connectivity index (χ0) is 20.6. The van der Waals surface area contributed by atoms with Gasteiger partial charge in [0.1, 0.15) is 0 Å². The van der Waals surface area contributed by atoms with E-state index in [0.29, 0.717) is 29.1 Å². The van der Waals surface area contributed by atoms with Gasteiger partial charge in [0.05, 0.1) is 24.3 Å². The number of Topliss-reactive ketones (excluding diaryl/α,β-unsaturated/α-hetero) is 1. The first-order valence-electron chi connectivity index (χ1n) is 9.36. The number of amides is 4. The van der Waals surface area contributed by atoms with Crippen LogP contribution in [0.5, 0.6) is 0 Å². The summed E-state index contributed by atoms with van der Waals surface area (Å²) in [4.78, 5) is 66.9. The minimum absolute atomic E-state index is 0.0725. The van der Waals surface area contributed by atoms with E-state index in [1.54, 1.807) is 20.8 Å². The summed E-state index contributed by atoms with van der Waals surface area (Å²) >= 11 is 0. The molecule has 2 aliphatic rings. The Labute approximate surface area is 162 Å². The van der Waals surface area contributed by atoms with Crippen LogP contribution in [0.15, 0.2) is 0 Å². The van der Waals surface area contributed by atoms with Gasteiger partial charge >= 0.3 is 23.8 Å². The van der Waals surface area contributed by atoms with Crippen LogP contribution >= 0.6 is 0 Å². The van der Waals surface area contributed by atoms with E-state index < -0.39 is 36.1 Å². The minimum Gasteiger partial charge on any atom is -0.462 e. The summed E-state index contributed by atoms with van der Waals surface area (Å²) in [5.41, 5.74) is 1.05. The number of urea groups is 1. The summed E-state index contributed by atoms with van der Waals surface area (Å²) in [6.07, 6.45) is 3.10. The fourth-order valence-corrected chi connectivity index (χ4v) is 3.96. The van der Waals surface area contributed by atoms with E-state index in [9.17, 15) is 24.0 Å². The Balaban J connectivity index is 1.85. The zero-order valence-corrected chi connectivity index (χ0v) is 16.2. The Bertz CT molecular complexity index is 865. The molecule has 1 saturated carbocycles. The van der Waals surface area contributed by atoms with Crippen molar-refractivity contribution >= 4 is 29.6 Å². The zero-order valence-electron chi connectivity index (χ0n) is 16.2. The maximum absolute atomic E-state index is 12.9. The summed E-state index contributed by atoms with van der Waals surface area (Å²) in [6.45, 7) is 4.44. The average Bonchev–Trinajstić information content (AvgIpc) is 3.30. The molecular weight excluding hydrogens is 366 g/mol. The SMILES string of the molecule is CCOC(=O)c1c(C)[nH]c(C)c1C(=O)CN1C(=O)C(=O)N(C2CCCC2)C1=O. The topological polar surface area (TPSA) is 117 Å². The summed E-state index contributed by atoms with van der Waals surface area (Å²) in [7, 11) is 0. The van der Waals surface area contributed by atoms with Gasteiger partial charge in [0.25, 0.3) is 0 Å².